The number of anilines is 1. The van der Waals surface area contributed by atoms with Gasteiger partial charge < -0.3 is 15.0 Å². The molecule has 1 aromatic carbocycles. The smallest absolute Gasteiger partial charge is 0.252 e. The van der Waals surface area contributed by atoms with Crippen molar-refractivity contribution in [2.45, 2.75) is 32.2 Å². The predicted molar refractivity (Wildman–Crippen MR) is 81.8 cm³/mol. The molecule has 0 radical (unpaired) electrons. The maximum atomic E-state index is 12.8. The van der Waals surface area contributed by atoms with Crippen molar-refractivity contribution in [1.29, 1.82) is 0 Å². The second kappa shape index (κ2) is 5.93. The largest absolute Gasteiger partial charge is 0.497 e. The highest BCUT2D eigenvalue weighted by Gasteiger charge is 2.40. The van der Waals surface area contributed by atoms with E-state index < -0.39 is 5.54 Å². The number of rotatable bonds is 3. The molecule has 1 N–H and O–H groups in total. The summed E-state index contributed by atoms with van der Waals surface area (Å²) >= 11 is 6.22. The van der Waals surface area contributed by atoms with Crippen LogP contribution in [0.15, 0.2) is 18.2 Å². The number of nitrogens with zero attached hydrogens (tertiary/aromatic N) is 1. The Labute approximate surface area is 129 Å². The molecule has 21 heavy (non-hydrogen) atoms. The third-order valence-electron chi connectivity index (χ3n) is 3.85. The van der Waals surface area contributed by atoms with Gasteiger partial charge >= 0.3 is 0 Å². The van der Waals surface area contributed by atoms with Gasteiger partial charge in [-0.3, -0.25) is 9.59 Å². The number of ether oxygens (including phenoxy) is 1. The van der Waals surface area contributed by atoms with Gasteiger partial charge in [-0.1, -0.05) is 18.5 Å². The first-order valence-corrected chi connectivity index (χ1v) is 7.25. The lowest BCUT2D eigenvalue weighted by Gasteiger charge is -2.31. The normalized spacial score (nSPS) is 22.8. The quantitative estimate of drug-likeness (QED) is 0.932. The van der Waals surface area contributed by atoms with Gasteiger partial charge in [0.15, 0.2) is 0 Å². The predicted octanol–water partition coefficient (Wildman–Crippen LogP) is 2.37. The van der Waals surface area contributed by atoms with E-state index in [0.29, 0.717) is 29.4 Å². The zero-order chi connectivity index (χ0) is 15.6. The molecule has 1 aromatic rings. The van der Waals surface area contributed by atoms with Crippen molar-refractivity contribution >= 4 is 29.1 Å². The molecular formula is C15H19ClN2O3. The molecule has 2 amide bonds. The Balaban J connectivity index is 2.46. The van der Waals surface area contributed by atoms with Crippen LogP contribution in [0.4, 0.5) is 5.69 Å². The molecule has 1 heterocycles. The molecule has 1 fully saturated rings. The van der Waals surface area contributed by atoms with Crippen LogP contribution in [0.3, 0.4) is 0 Å². The van der Waals surface area contributed by atoms with Gasteiger partial charge in [-0.15, -0.1) is 0 Å². The van der Waals surface area contributed by atoms with Crippen LogP contribution in [0.5, 0.6) is 5.75 Å². The summed E-state index contributed by atoms with van der Waals surface area (Å²) in [5, 5.41) is 3.25. The molecule has 1 atom stereocenters. The Bertz CT molecular complexity index is 576. The molecule has 114 valence electrons. The van der Waals surface area contributed by atoms with Crippen molar-refractivity contribution in [3.8, 4) is 5.75 Å². The van der Waals surface area contributed by atoms with Crippen LogP contribution in [0.25, 0.3) is 0 Å². The zero-order valence-electron chi connectivity index (χ0n) is 12.4. The molecule has 1 aliphatic rings. The lowest BCUT2D eigenvalue weighted by Crippen LogP contribution is -2.54. The summed E-state index contributed by atoms with van der Waals surface area (Å²) in [4.78, 5) is 26.2. The van der Waals surface area contributed by atoms with E-state index >= 15 is 0 Å². The molecule has 1 unspecified atom stereocenters. The number of carbonyl (C=O) groups excluding carboxylic acids is 2. The minimum atomic E-state index is -0.917. The Hall–Kier alpha value is -1.75. The van der Waals surface area contributed by atoms with Gasteiger partial charge in [0.2, 0.25) is 5.91 Å². The van der Waals surface area contributed by atoms with Crippen molar-refractivity contribution in [2.24, 2.45) is 0 Å². The van der Waals surface area contributed by atoms with Crippen LogP contribution >= 0.6 is 11.6 Å². The minimum absolute atomic E-state index is 0.130. The average Bonchev–Trinajstić information content (AvgIpc) is 2.58. The summed E-state index contributed by atoms with van der Waals surface area (Å²) in [6.07, 6.45) is 0.754. The van der Waals surface area contributed by atoms with Crippen molar-refractivity contribution in [3.63, 3.8) is 0 Å². The number of amides is 2. The maximum absolute atomic E-state index is 12.8. The van der Waals surface area contributed by atoms with Gasteiger partial charge in [-0.2, -0.15) is 0 Å². The fourth-order valence-corrected chi connectivity index (χ4v) is 2.55. The highest BCUT2D eigenvalue weighted by atomic mass is 35.5. The number of hydrogen-bond donors (Lipinski definition) is 1. The number of halogens is 1. The highest BCUT2D eigenvalue weighted by molar-refractivity contribution is 6.34. The molecule has 2 rings (SSSR count). The first-order chi connectivity index (χ1) is 9.91. The lowest BCUT2D eigenvalue weighted by molar-refractivity contribution is -0.129. The molecule has 1 aliphatic heterocycles. The summed E-state index contributed by atoms with van der Waals surface area (Å²) in [6.45, 7) is 3.90. The van der Waals surface area contributed by atoms with E-state index in [1.54, 1.807) is 37.1 Å². The summed E-state index contributed by atoms with van der Waals surface area (Å²) < 4.78 is 5.19. The van der Waals surface area contributed by atoms with Crippen LogP contribution in [0.1, 0.15) is 26.7 Å². The first kappa shape index (κ1) is 15.6. The van der Waals surface area contributed by atoms with Crippen molar-refractivity contribution in [2.75, 3.05) is 18.6 Å². The number of methoxy groups -OCH3 is 1. The zero-order valence-corrected chi connectivity index (χ0v) is 13.2. The van der Waals surface area contributed by atoms with Crippen LogP contribution in [0, 0.1) is 0 Å². The number of carbonyl (C=O) groups is 2. The van der Waals surface area contributed by atoms with Crippen LogP contribution in [-0.2, 0) is 9.59 Å². The fourth-order valence-electron chi connectivity index (χ4n) is 2.33. The average molecular weight is 311 g/mol. The number of benzene rings is 1. The molecule has 0 saturated carbocycles. The third-order valence-corrected chi connectivity index (χ3v) is 4.17. The first-order valence-electron chi connectivity index (χ1n) is 6.88. The van der Waals surface area contributed by atoms with Crippen LogP contribution in [-0.4, -0.2) is 31.0 Å². The van der Waals surface area contributed by atoms with E-state index in [0.717, 1.165) is 0 Å². The Kier molecular flexibility index (Phi) is 4.42. The molecule has 0 aliphatic carbocycles. The Morgan fingerprint density at radius 2 is 2.14 bits per heavy atom. The topological polar surface area (TPSA) is 58.6 Å². The molecular weight excluding hydrogens is 292 g/mol. The van der Waals surface area contributed by atoms with Gasteiger partial charge in [0.25, 0.3) is 5.91 Å². The number of nitrogens with one attached hydrogen (secondary N) is 1. The van der Waals surface area contributed by atoms with Crippen molar-refractivity contribution in [1.82, 2.24) is 5.32 Å². The van der Waals surface area contributed by atoms with Gasteiger partial charge in [0, 0.05) is 19.0 Å². The van der Waals surface area contributed by atoms with Gasteiger partial charge in [0.05, 0.1) is 17.8 Å². The highest BCUT2D eigenvalue weighted by Crippen LogP contribution is 2.33. The number of hydrogen-bond acceptors (Lipinski definition) is 3. The maximum Gasteiger partial charge on any atom is 0.252 e. The van der Waals surface area contributed by atoms with Crippen molar-refractivity contribution in [3.05, 3.63) is 23.2 Å². The van der Waals surface area contributed by atoms with Crippen LogP contribution < -0.4 is 15.0 Å². The molecule has 0 aromatic heterocycles. The SMILES string of the molecule is CCC1(C)NC(=O)CCN(c2cc(OC)ccc2Cl)C1=O. The van der Waals surface area contributed by atoms with Gasteiger partial charge in [0.1, 0.15) is 11.3 Å². The fraction of sp³-hybridized carbons (Fsp3) is 0.467. The molecule has 0 spiro atoms. The second-order valence-corrected chi connectivity index (χ2v) is 5.67. The summed E-state index contributed by atoms with van der Waals surface area (Å²) in [5.74, 6) is 0.323. The summed E-state index contributed by atoms with van der Waals surface area (Å²) in [6, 6.07) is 5.13. The standard InChI is InChI=1S/C15H19ClN2O3/c1-4-15(2)14(20)18(8-7-13(19)17-15)12-9-10(21-3)5-6-11(12)16/h5-6,9H,4,7-8H2,1-3H3,(H,17,19). The second-order valence-electron chi connectivity index (χ2n) is 5.26. The van der Waals surface area contributed by atoms with E-state index in [2.05, 4.69) is 5.32 Å². The van der Waals surface area contributed by atoms with Gasteiger partial charge in [-0.05, 0) is 25.5 Å². The third kappa shape index (κ3) is 2.97. The van der Waals surface area contributed by atoms with E-state index in [1.807, 2.05) is 6.92 Å². The van der Waals surface area contributed by atoms with Crippen molar-refractivity contribution < 1.29 is 14.3 Å². The van der Waals surface area contributed by atoms with Crippen LogP contribution in [0.2, 0.25) is 5.02 Å². The van der Waals surface area contributed by atoms with E-state index in [9.17, 15) is 9.59 Å². The lowest BCUT2D eigenvalue weighted by atomic mass is 9.97. The molecule has 5 nitrogen and oxygen atoms in total. The minimum Gasteiger partial charge on any atom is -0.497 e. The van der Waals surface area contributed by atoms with Gasteiger partial charge in [-0.25, -0.2) is 0 Å². The molecule has 0 bridgehead atoms. The summed E-state index contributed by atoms with van der Waals surface area (Å²) in [7, 11) is 1.55. The Morgan fingerprint density at radius 1 is 1.43 bits per heavy atom. The van der Waals surface area contributed by atoms with E-state index in [-0.39, 0.29) is 18.2 Å². The molecule has 6 heteroatoms. The van der Waals surface area contributed by atoms with E-state index in [1.165, 1.54) is 0 Å². The summed E-state index contributed by atoms with van der Waals surface area (Å²) in [5.41, 5.74) is -0.350. The Morgan fingerprint density at radius 3 is 2.76 bits per heavy atom. The van der Waals surface area contributed by atoms with E-state index in [4.69, 9.17) is 16.3 Å². The molecule has 1 saturated heterocycles. The monoisotopic (exact) mass is 310 g/mol.